The van der Waals surface area contributed by atoms with Gasteiger partial charge in [-0.15, -0.1) is 0 Å². The Labute approximate surface area is 192 Å². The van der Waals surface area contributed by atoms with E-state index in [4.69, 9.17) is 10.5 Å². The molecule has 3 rings (SSSR count). The van der Waals surface area contributed by atoms with E-state index in [1.54, 1.807) is 0 Å². The molecule has 0 unspecified atom stereocenters. The second-order valence-electron chi connectivity index (χ2n) is 6.77. The second kappa shape index (κ2) is 9.91. The lowest BCUT2D eigenvalue weighted by molar-refractivity contribution is -0.137. The molecule has 0 radical (unpaired) electrons. The summed E-state index contributed by atoms with van der Waals surface area (Å²) in [5, 5.41) is 2.54. The van der Waals surface area contributed by atoms with E-state index >= 15 is 0 Å². The largest absolute Gasteiger partial charge is 0.424 e. The van der Waals surface area contributed by atoms with Crippen LogP contribution in [0.25, 0.3) is 0 Å². The Balaban J connectivity index is 1.86. The van der Waals surface area contributed by atoms with Crippen LogP contribution in [0.2, 0.25) is 0 Å². The summed E-state index contributed by atoms with van der Waals surface area (Å²) in [6.45, 7) is 1.20. The van der Waals surface area contributed by atoms with Crippen LogP contribution in [0.4, 0.5) is 24.8 Å². The Morgan fingerprint density at radius 2 is 1.82 bits per heavy atom. The number of carbonyl (C=O) groups excluding carboxylic acids is 1. The number of amides is 1. The number of hydrogen-bond donors (Lipinski definition) is 3. The smallest absolute Gasteiger partial charge is 0.421 e. The van der Waals surface area contributed by atoms with E-state index < -0.39 is 33.5 Å². The van der Waals surface area contributed by atoms with Crippen molar-refractivity contribution in [1.29, 1.82) is 0 Å². The number of rotatable bonds is 9. The highest BCUT2D eigenvalue weighted by atomic mass is 32.2. The lowest BCUT2D eigenvalue weighted by atomic mass is 10.2. The van der Waals surface area contributed by atoms with E-state index in [1.807, 2.05) is 0 Å². The number of benzene rings is 1. The summed E-state index contributed by atoms with van der Waals surface area (Å²) in [6, 6.07) is 8.14. The highest BCUT2D eigenvalue weighted by Crippen LogP contribution is 2.35. The van der Waals surface area contributed by atoms with Gasteiger partial charge in [0.15, 0.2) is 0 Å². The third-order valence-corrected chi connectivity index (χ3v) is 5.65. The van der Waals surface area contributed by atoms with Crippen LogP contribution in [-0.2, 0) is 22.7 Å². The van der Waals surface area contributed by atoms with Crippen LogP contribution in [0.3, 0.4) is 0 Å². The summed E-state index contributed by atoms with van der Waals surface area (Å²) in [4.78, 5) is 22.5. The van der Waals surface area contributed by atoms with Gasteiger partial charge in [0.1, 0.15) is 22.9 Å². The monoisotopic (exact) mass is 496 g/mol. The van der Waals surface area contributed by atoms with Crippen LogP contribution >= 0.6 is 0 Å². The van der Waals surface area contributed by atoms with E-state index in [-0.39, 0.29) is 41.0 Å². The molecular weight excluding hydrogens is 477 g/mol. The van der Waals surface area contributed by atoms with Crippen LogP contribution in [-0.4, -0.2) is 35.0 Å². The molecule has 0 aliphatic heterocycles. The second-order valence-corrected chi connectivity index (χ2v) is 8.78. The molecule has 10 nitrogen and oxygen atoms in total. The molecule has 0 fully saturated rings. The minimum atomic E-state index is -4.77. The molecule has 0 spiro atoms. The first kappa shape index (κ1) is 24.7. The molecule has 14 heteroatoms. The highest BCUT2D eigenvalue weighted by molar-refractivity contribution is 7.92. The number of ether oxygens (including phenoxy) is 1. The number of alkyl halides is 3. The first-order valence-electron chi connectivity index (χ1n) is 9.68. The molecule has 1 aromatic carbocycles. The fourth-order valence-electron chi connectivity index (χ4n) is 2.62. The Morgan fingerprint density at radius 3 is 2.44 bits per heavy atom. The number of aromatic nitrogens is 3. The summed E-state index contributed by atoms with van der Waals surface area (Å²) in [6.07, 6.45) is -2.86. The SMILES string of the molecule is CCS(=O)(=O)Nc1ncccc1CNc1nc(Oc2ccc(C(N)=O)cc2)ncc1C(F)(F)F. The zero-order valence-corrected chi connectivity index (χ0v) is 18.4. The topological polar surface area (TPSA) is 149 Å². The lowest BCUT2D eigenvalue weighted by Gasteiger charge is -2.16. The molecule has 0 saturated carbocycles. The van der Waals surface area contributed by atoms with E-state index in [2.05, 4.69) is 25.0 Å². The molecule has 0 aliphatic carbocycles. The van der Waals surface area contributed by atoms with E-state index in [0.29, 0.717) is 6.20 Å². The van der Waals surface area contributed by atoms with Gasteiger partial charge in [0.2, 0.25) is 15.9 Å². The van der Waals surface area contributed by atoms with Crippen LogP contribution in [0, 0.1) is 0 Å². The normalized spacial score (nSPS) is 11.6. The molecule has 2 aromatic heterocycles. The molecule has 34 heavy (non-hydrogen) atoms. The number of carbonyl (C=O) groups is 1. The van der Waals surface area contributed by atoms with Gasteiger partial charge in [-0.25, -0.2) is 18.4 Å². The van der Waals surface area contributed by atoms with Gasteiger partial charge in [0.05, 0.1) is 5.75 Å². The van der Waals surface area contributed by atoms with Crippen molar-refractivity contribution in [2.45, 2.75) is 19.6 Å². The van der Waals surface area contributed by atoms with Crippen LogP contribution in [0.15, 0.2) is 48.8 Å². The maximum absolute atomic E-state index is 13.5. The first-order valence-corrected chi connectivity index (χ1v) is 11.3. The van der Waals surface area contributed by atoms with Crippen LogP contribution in [0.1, 0.15) is 28.4 Å². The Hall–Kier alpha value is -3.94. The number of nitrogens with two attached hydrogens (primary N) is 1. The predicted molar refractivity (Wildman–Crippen MR) is 117 cm³/mol. The number of halogens is 3. The summed E-state index contributed by atoms with van der Waals surface area (Å²) in [5.74, 6) is -1.30. The van der Waals surface area contributed by atoms with Gasteiger partial charge < -0.3 is 15.8 Å². The maximum Gasteiger partial charge on any atom is 0.421 e. The van der Waals surface area contributed by atoms with Crippen molar-refractivity contribution >= 4 is 27.6 Å². The molecule has 0 saturated heterocycles. The average molecular weight is 496 g/mol. The van der Waals surface area contributed by atoms with E-state index in [1.165, 1.54) is 49.5 Å². The van der Waals surface area contributed by atoms with Gasteiger partial charge in [-0.3, -0.25) is 9.52 Å². The zero-order chi connectivity index (χ0) is 24.9. The van der Waals surface area contributed by atoms with Crippen LogP contribution in [0.5, 0.6) is 11.8 Å². The molecule has 180 valence electrons. The number of hydrogen-bond acceptors (Lipinski definition) is 8. The standard InChI is InChI=1S/C20H19F3N6O4S/c1-2-34(31,32)29-17-13(4-3-9-25-17)10-26-18-15(20(21,22)23)11-27-19(28-18)33-14-7-5-12(6-8-14)16(24)30/h3-9,11H,2,10H2,1H3,(H2,24,30)(H,25,29)(H,26,27,28). The number of primary amides is 1. The Kier molecular flexibility index (Phi) is 7.20. The molecular formula is C20H19F3N6O4S. The number of nitrogens with zero attached hydrogens (tertiary/aromatic N) is 3. The van der Waals surface area contributed by atoms with Crippen molar-refractivity contribution < 1.29 is 31.1 Å². The van der Waals surface area contributed by atoms with Crippen molar-refractivity contribution in [3.8, 4) is 11.8 Å². The van der Waals surface area contributed by atoms with Gasteiger partial charge in [-0.1, -0.05) is 6.07 Å². The molecule has 4 N–H and O–H groups in total. The third kappa shape index (κ3) is 6.31. The van der Waals surface area contributed by atoms with Gasteiger partial charge in [-0.05, 0) is 37.3 Å². The Morgan fingerprint density at radius 1 is 1.12 bits per heavy atom. The van der Waals surface area contributed by atoms with Crippen molar-refractivity contribution in [3.05, 3.63) is 65.5 Å². The predicted octanol–water partition coefficient (Wildman–Crippen LogP) is 3.16. The molecule has 3 aromatic rings. The number of pyridine rings is 1. The maximum atomic E-state index is 13.5. The van der Waals surface area contributed by atoms with Crippen molar-refractivity contribution in [3.63, 3.8) is 0 Å². The zero-order valence-electron chi connectivity index (χ0n) is 17.6. The summed E-state index contributed by atoms with van der Waals surface area (Å²) in [5.41, 5.74) is 4.52. The van der Waals surface area contributed by atoms with Crippen molar-refractivity contribution in [2.75, 3.05) is 15.8 Å². The quantitative estimate of drug-likeness (QED) is 0.409. The minimum Gasteiger partial charge on any atom is -0.424 e. The van der Waals surface area contributed by atoms with Crippen molar-refractivity contribution in [1.82, 2.24) is 15.0 Å². The summed E-state index contributed by atoms with van der Waals surface area (Å²) in [7, 11) is -3.65. The number of nitrogens with one attached hydrogen (secondary N) is 2. The summed E-state index contributed by atoms with van der Waals surface area (Å²) < 4.78 is 71.9. The number of anilines is 2. The minimum absolute atomic E-state index is 0.0227. The highest BCUT2D eigenvalue weighted by Gasteiger charge is 2.35. The molecule has 0 aliphatic rings. The lowest BCUT2D eigenvalue weighted by Crippen LogP contribution is -2.18. The van der Waals surface area contributed by atoms with Gasteiger partial charge in [-0.2, -0.15) is 18.2 Å². The van der Waals surface area contributed by atoms with Crippen molar-refractivity contribution in [2.24, 2.45) is 5.73 Å². The van der Waals surface area contributed by atoms with Gasteiger partial charge >= 0.3 is 12.2 Å². The van der Waals surface area contributed by atoms with E-state index in [9.17, 15) is 26.4 Å². The molecule has 1 amide bonds. The first-order chi connectivity index (χ1) is 16.0. The fourth-order valence-corrected chi connectivity index (χ4v) is 3.24. The Bertz CT molecular complexity index is 1280. The third-order valence-electron chi connectivity index (χ3n) is 4.39. The van der Waals surface area contributed by atoms with Crippen LogP contribution < -0.4 is 20.5 Å². The fraction of sp³-hybridized carbons (Fsp3) is 0.200. The molecule has 2 heterocycles. The van der Waals surface area contributed by atoms with Gasteiger partial charge in [0, 0.05) is 30.1 Å². The molecule has 0 atom stereocenters. The summed E-state index contributed by atoms with van der Waals surface area (Å²) >= 11 is 0. The molecule has 0 bridgehead atoms. The number of sulfonamides is 1. The van der Waals surface area contributed by atoms with E-state index in [0.717, 1.165) is 0 Å². The average Bonchev–Trinajstić information content (AvgIpc) is 2.78. The van der Waals surface area contributed by atoms with Gasteiger partial charge in [0.25, 0.3) is 0 Å².